The van der Waals surface area contributed by atoms with Gasteiger partial charge in [-0.05, 0) is 74.3 Å². The van der Waals surface area contributed by atoms with Gasteiger partial charge in [0.25, 0.3) is 0 Å². The zero-order valence-electron chi connectivity index (χ0n) is 18.6. The number of nitrogens with one attached hydrogen (secondary N) is 2. The number of rotatable bonds is 4. The highest BCUT2D eigenvalue weighted by molar-refractivity contribution is 6.31. The van der Waals surface area contributed by atoms with Crippen LogP contribution in [0.5, 0.6) is 0 Å². The highest BCUT2D eigenvalue weighted by atomic mass is 35.5. The molecule has 8 heteroatoms. The number of carbonyl (C=O) groups is 2. The van der Waals surface area contributed by atoms with E-state index in [4.69, 9.17) is 11.6 Å². The highest BCUT2D eigenvalue weighted by Gasteiger charge is 2.44. The van der Waals surface area contributed by atoms with E-state index in [1.54, 1.807) is 12.3 Å². The van der Waals surface area contributed by atoms with Crippen LogP contribution in [0, 0.1) is 0 Å². The summed E-state index contributed by atoms with van der Waals surface area (Å²) in [4.78, 5) is 28.8. The third kappa shape index (κ3) is 4.38. The van der Waals surface area contributed by atoms with Crippen LogP contribution in [0.3, 0.4) is 0 Å². The minimum atomic E-state index is -0.335. The quantitative estimate of drug-likeness (QED) is 0.725. The minimum absolute atomic E-state index is 0.0553. The van der Waals surface area contributed by atoms with Crippen molar-refractivity contribution in [1.29, 1.82) is 0 Å². The minimum Gasteiger partial charge on any atom is -0.336 e. The number of piperidine rings is 1. The van der Waals surface area contributed by atoms with Crippen LogP contribution < -0.4 is 10.7 Å². The number of halogens is 1. The molecule has 0 aromatic heterocycles. The number of hydrogen-bond acceptors (Lipinski definition) is 4. The van der Waals surface area contributed by atoms with E-state index in [1.807, 2.05) is 4.90 Å². The number of urea groups is 1. The monoisotopic (exact) mass is 457 g/mol. The lowest BCUT2D eigenvalue weighted by Crippen LogP contribution is -2.57. The first-order valence-corrected chi connectivity index (χ1v) is 12.1. The molecule has 1 unspecified atom stereocenters. The van der Waals surface area contributed by atoms with E-state index >= 15 is 0 Å². The van der Waals surface area contributed by atoms with Gasteiger partial charge in [0, 0.05) is 43.3 Å². The largest absolute Gasteiger partial charge is 0.338 e. The fourth-order valence-electron chi connectivity index (χ4n) is 5.52. The first-order chi connectivity index (χ1) is 15.4. The van der Waals surface area contributed by atoms with Crippen molar-refractivity contribution in [3.05, 3.63) is 46.6 Å². The molecule has 0 radical (unpaired) electrons. The van der Waals surface area contributed by atoms with Crippen LogP contribution in [-0.2, 0) is 11.3 Å². The second-order valence-electron chi connectivity index (χ2n) is 9.67. The molecule has 2 N–H and O–H groups in total. The van der Waals surface area contributed by atoms with E-state index < -0.39 is 0 Å². The lowest BCUT2D eigenvalue weighted by Gasteiger charge is -2.45. The van der Waals surface area contributed by atoms with Gasteiger partial charge >= 0.3 is 6.03 Å². The molecule has 172 valence electrons. The van der Waals surface area contributed by atoms with E-state index in [1.165, 1.54) is 48.7 Å². The summed E-state index contributed by atoms with van der Waals surface area (Å²) in [5.74, 6) is 0.523. The van der Waals surface area contributed by atoms with Crippen LogP contribution in [-0.4, -0.2) is 58.1 Å². The van der Waals surface area contributed by atoms with Gasteiger partial charge in [-0.2, -0.15) is 0 Å². The summed E-state index contributed by atoms with van der Waals surface area (Å²) in [6.07, 6.45) is 10.1. The van der Waals surface area contributed by atoms with E-state index in [0.29, 0.717) is 5.92 Å². The highest BCUT2D eigenvalue weighted by Crippen LogP contribution is 2.44. The Labute approximate surface area is 194 Å². The number of amides is 3. The maximum atomic E-state index is 12.9. The van der Waals surface area contributed by atoms with Gasteiger partial charge in [-0.25, -0.2) is 15.2 Å². The summed E-state index contributed by atoms with van der Waals surface area (Å²) in [5.41, 5.74) is 5.88. The van der Waals surface area contributed by atoms with Gasteiger partial charge in [-0.1, -0.05) is 23.7 Å². The molecule has 3 heterocycles. The Bertz CT molecular complexity index is 923. The van der Waals surface area contributed by atoms with Gasteiger partial charge in [0.15, 0.2) is 0 Å². The third-order valence-electron chi connectivity index (χ3n) is 7.43. The number of carbonyl (C=O) groups excluding carboxylic acids is 2. The summed E-state index contributed by atoms with van der Waals surface area (Å²) in [6, 6.07) is 6.51. The number of hydrazine groups is 1. The first-order valence-electron chi connectivity index (χ1n) is 11.8. The predicted molar refractivity (Wildman–Crippen MR) is 124 cm³/mol. The van der Waals surface area contributed by atoms with Gasteiger partial charge < -0.3 is 10.2 Å². The van der Waals surface area contributed by atoms with Crippen LogP contribution in [0.4, 0.5) is 4.79 Å². The first kappa shape index (κ1) is 21.7. The van der Waals surface area contributed by atoms with Crippen molar-refractivity contribution in [2.24, 2.45) is 0 Å². The molecule has 32 heavy (non-hydrogen) atoms. The Hall–Kier alpha value is -2.09. The molecule has 1 spiro atoms. The average molecular weight is 458 g/mol. The Morgan fingerprint density at radius 3 is 2.69 bits per heavy atom. The van der Waals surface area contributed by atoms with Crippen LogP contribution in [0.15, 0.2) is 30.5 Å². The molecule has 5 rings (SSSR count). The summed E-state index contributed by atoms with van der Waals surface area (Å²) in [6.45, 7) is 5.04. The Morgan fingerprint density at radius 2 is 1.97 bits per heavy atom. The number of hydrogen-bond donors (Lipinski definition) is 2. The summed E-state index contributed by atoms with van der Waals surface area (Å²) in [5, 5.41) is 5.14. The van der Waals surface area contributed by atoms with Gasteiger partial charge in [-0.3, -0.25) is 9.69 Å². The Kier molecular flexibility index (Phi) is 5.90. The van der Waals surface area contributed by atoms with Crippen molar-refractivity contribution in [3.63, 3.8) is 0 Å². The Morgan fingerprint density at radius 1 is 1.19 bits per heavy atom. The van der Waals surface area contributed by atoms with Crippen molar-refractivity contribution in [2.75, 3.05) is 19.6 Å². The molecule has 1 aromatic rings. The maximum absolute atomic E-state index is 12.9. The average Bonchev–Trinajstić information content (AvgIpc) is 3.41. The van der Waals surface area contributed by atoms with Gasteiger partial charge in [0.2, 0.25) is 5.91 Å². The van der Waals surface area contributed by atoms with Gasteiger partial charge in [-0.15, -0.1) is 0 Å². The summed E-state index contributed by atoms with van der Waals surface area (Å²) < 4.78 is 0. The molecule has 0 bridgehead atoms. The van der Waals surface area contributed by atoms with Crippen molar-refractivity contribution < 1.29 is 9.59 Å². The summed E-state index contributed by atoms with van der Waals surface area (Å²) in [7, 11) is 0. The Balaban J connectivity index is 1.19. The van der Waals surface area contributed by atoms with Gasteiger partial charge in [0.1, 0.15) is 6.17 Å². The van der Waals surface area contributed by atoms with E-state index in [2.05, 4.69) is 33.8 Å². The molecular formula is C24H32ClN5O2. The van der Waals surface area contributed by atoms with E-state index in [9.17, 15) is 9.59 Å². The van der Waals surface area contributed by atoms with Crippen LogP contribution in [0.25, 0.3) is 0 Å². The van der Waals surface area contributed by atoms with Crippen molar-refractivity contribution >= 4 is 23.5 Å². The summed E-state index contributed by atoms with van der Waals surface area (Å²) >= 11 is 6.44. The normalized spacial score (nSPS) is 25.0. The number of nitrogens with zero attached hydrogens (tertiary/aromatic N) is 3. The fourth-order valence-corrected chi connectivity index (χ4v) is 5.79. The second-order valence-corrected chi connectivity index (χ2v) is 10.1. The van der Waals surface area contributed by atoms with E-state index in [-0.39, 0.29) is 23.6 Å². The van der Waals surface area contributed by atoms with E-state index in [0.717, 1.165) is 44.0 Å². The third-order valence-corrected chi connectivity index (χ3v) is 7.77. The van der Waals surface area contributed by atoms with Crippen molar-refractivity contribution in [1.82, 2.24) is 25.6 Å². The predicted octanol–water partition coefficient (Wildman–Crippen LogP) is 3.56. The molecule has 1 atom stereocenters. The van der Waals surface area contributed by atoms with Gasteiger partial charge in [0.05, 0.1) is 0 Å². The molecular weight excluding hydrogens is 426 g/mol. The molecule has 7 nitrogen and oxygen atoms in total. The standard InChI is InChI=1S/C24H32ClN5O2/c1-17(31)26-22-7-12-30(27-22)23(32)28-13-9-24(10-14-28)8-2-11-29(24)16-18-3-6-21(25)20(15-18)19-4-5-19/h3,6-7,12,15,19,22,27H,2,4-5,8-11,13-14,16H2,1H3,(H,26,31). The molecule has 3 aliphatic heterocycles. The molecule has 3 fully saturated rings. The molecule has 1 aliphatic carbocycles. The van der Waals surface area contributed by atoms with Crippen LogP contribution >= 0.6 is 11.6 Å². The van der Waals surface area contributed by atoms with Crippen LogP contribution in [0.2, 0.25) is 5.02 Å². The number of likely N-dealkylation sites (tertiary alicyclic amines) is 2. The smallest absolute Gasteiger partial charge is 0.336 e. The molecule has 4 aliphatic rings. The molecule has 3 amide bonds. The lowest BCUT2D eigenvalue weighted by molar-refractivity contribution is -0.119. The maximum Gasteiger partial charge on any atom is 0.338 e. The second kappa shape index (κ2) is 8.69. The molecule has 2 saturated heterocycles. The zero-order valence-corrected chi connectivity index (χ0v) is 19.4. The van der Waals surface area contributed by atoms with Crippen molar-refractivity contribution in [3.8, 4) is 0 Å². The van der Waals surface area contributed by atoms with Crippen molar-refractivity contribution in [2.45, 2.75) is 69.6 Å². The van der Waals surface area contributed by atoms with Crippen LogP contribution in [0.1, 0.15) is 62.5 Å². The topological polar surface area (TPSA) is 67.9 Å². The lowest BCUT2D eigenvalue weighted by atomic mass is 9.84. The fraction of sp³-hybridized carbons (Fsp3) is 0.583. The SMILES string of the molecule is CC(=O)NC1C=CN(C(=O)N2CCC3(CCCN3Cc3ccc(Cl)c(C4CC4)c3)CC2)N1. The molecule has 1 saturated carbocycles. The number of benzene rings is 1. The zero-order chi connectivity index (χ0) is 22.3. The molecule has 1 aromatic carbocycles.